The molecule has 1 heterocycles. The molecule has 2 aromatic carbocycles. The summed E-state index contributed by atoms with van der Waals surface area (Å²) in [6.45, 7) is 5.99. The number of nitrogens with zero attached hydrogens (tertiary/aromatic N) is 2. The second-order valence-corrected chi connectivity index (χ2v) is 7.87. The molecule has 1 saturated heterocycles. The third-order valence-electron chi connectivity index (χ3n) is 4.73. The molecule has 148 valence electrons. The number of aryl methyl sites for hydroxylation is 1. The molecule has 0 radical (unpaired) electrons. The number of carbonyl (C=O) groups is 2. The molecule has 0 unspecified atom stereocenters. The van der Waals surface area contributed by atoms with Crippen LogP contribution in [0.5, 0.6) is 0 Å². The lowest BCUT2D eigenvalue weighted by Gasteiger charge is -2.36. The first-order valence-electron chi connectivity index (χ1n) is 9.36. The highest BCUT2D eigenvalue weighted by molar-refractivity contribution is 8.00. The molecule has 0 bridgehead atoms. The van der Waals surface area contributed by atoms with Gasteiger partial charge >= 0.3 is 0 Å². The van der Waals surface area contributed by atoms with E-state index >= 15 is 0 Å². The minimum atomic E-state index is -0.377. The average molecular weight is 399 g/mol. The normalized spacial score (nSPS) is 14.7. The summed E-state index contributed by atoms with van der Waals surface area (Å²) in [5, 5.41) is 2.97. The number of rotatable bonds is 7. The van der Waals surface area contributed by atoms with Crippen molar-refractivity contribution in [2.45, 2.75) is 11.8 Å². The molecular formula is C21H26N4O2S. The van der Waals surface area contributed by atoms with Crippen LogP contribution in [0, 0.1) is 6.92 Å². The van der Waals surface area contributed by atoms with Gasteiger partial charge in [-0.2, -0.15) is 0 Å². The van der Waals surface area contributed by atoms with Crippen LogP contribution in [0.25, 0.3) is 0 Å². The van der Waals surface area contributed by atoms with Crippen LogP contribution in [0.15, 0.2) is 53.4 Å². The van der Waals surface area contributed by atoms with Gasteiger partial charge in [0.2, 0.25) is 11.8 Å². The van der Waals surface area contributed by atoms with Gasteiger partial charge < -0.3 is 16.0 Å². The van der Waals surface area contributed by atoms with Crippen LogP contribution in [0.4, 0.5) is 11.4 Å². The number of hydrogen-bond acceptors (Lipinski definition) is 5. The predicted octanol–water partition coefficient (Wildman–Crippen LogP) is 2.33. The summed E-state index contributed by atoms with van der Waals surface area (Å²) in [4.78, 5) is 28.9. The summed E-state index contributed by atoms with van der Waals surface area (Å²) in [7, 11) is 0. The van der Waals surface area contributed by atoms with Crippen molar-refractivity contribution in [2.75, 3.05) is 48.7 Å². The Morgan fingerprint density at radius 1 is 1.04 bits per heavy atom. The number of carbonyl (C=O) groups excluding carboxylic acids is 2. The number of para-hydroxylation sites is 2. The second-order valence-electron chi connectivity index (χ2n) is 6.85. The van der Waals surface area contributed by atoms with Gasteiger partial charge in [0.25, 0.3) is 0 Å². The highest BCUT2D eigenvalue weighted by atomic mass is 32.2. The van der Waals surface area contributed by atoms with Gasteiger partial charge in [0.05, 0.1) is 18.0 Å². The van der Waals surface area contributed by atoms with E-state index < -0.39 is 0 Å². The Hall–Kier alpha value is -2.51. The Balaban J connectivity index is 1.51. The summed E-state index contributed by atoms with van der Waals surface area (Å²) >= 11 is 1.33. The summed E-state index contributed by atoms with van der Waals surface area (Å²) < 4.78 is 0. The van der Waals surface area contributed by atoms with Gasteiger partial charge in [-0.25, -0.2) is 0 Å². The first-order chi connectivity index (χ1) is 13.5. The average Bonchev–Trinajstić information content (AvgIpc) is 2.68. The number of hydrogen-bond donors (Lipinski definition) is 2. The maximum Gasteiger partial charge on any atom is 0.238 e. The fourth-order valence-corrected chi connectivity index (χ4v) is 4.05. The predicted molar refractivity (Wildman–Crippen MR) is 115 cm³/mol. The maximum absolute atomic E-state index is 12.5. The molecule has 3 rings (SSSR count). The van der Waals surface area contributed by atoms with E-state index in [-0.39, 0.29) is 17.6 Å². The van der Waals surface area contributed by atoms with E-state index in [1.165, 1.54) is 23.0 Å². The standard InChI is InChI=1S/C21H26N4O2S/c1-16-6-2-4-8-18(16)25-12-10-24(11-13-25)14-21(27)23-17-7-3-5-9-19(17)28-15-20(22)26/h2-9H,10-15H2,1H3,(H2,22,26)(H,23,27). The quantitative estimate of drug-likeness (QED) is 0.700. The number of nitrogens with one attached hydrogen (secondary N) is 1. The molecule has 1 aliphatic heterocycles. The molecule has 0 spiro atoms. The van der Waals surface area contributed by atoms with E-state index in [2.05, 4.69) is 46.3 Å². The van der Waals surface area contributed by atoms with E-state index in [4.69, 9.17) is 5.73 Å². The van der Waals surface area contributed by atoms with Crippen molar-refractivity contribution in [3.8, 4) is 0 Å². The summed E-state index contributed by atoms with van der Waals surface area (Å²) in [5.74, 6) is -0.234. The van der Waals surface area contributed by atoms with E-state index in [1.807, 2.05) is 24.3 Å². The van der Waals surface area contributed by atoms with Crippen molar-refractivity contribution in [2.24, 2.45) is 5.73 Å². The number of primary amides is 1. The first kappa shape index (κ1) is 20.2. The van der Waals surface area contributed by atoms with E-state index in [9.17, 15) is 9.59 Å². The van der Waals surface area contributed by atoms with Crippen molar-refractivity contribution < 1.29 is 9.59 Å². The Morgan fingerprint density at radius 2 is 1.71 bits per heavy atom. The molecule has 2 aromatic rings. The molecule has 6 nitrogen and oxygen atoms in total. The van der Waals surface area contributed by atoms with Crippen LogP contribution in [0.3, 0.4) is 0 Å². The van der Waals surface area contributed by atoms with Crippen molar-refractivity contribution >= 4 is 35.0 Å². The van der Waals surface area contributed by atoms with Crippen molar-refractivity contribution in [1.29, 1.82) is 0 Å². The van der Waals surface area contributed by atoms with Crippen LogP contribution < -0.4 is 16.0 Å². The largest absolute Gasteiger partial charge is 0.369 e. The molecule has 7 heteroatoms. The van der Waals surface area contributed by atoms with Gasteiger partial charge in [-0.05, 0) is 30.7 Å². The summed E-state index contributed by atoms with van der Waals surface area (Å²) in [5.41, 5.74) is 8.49. The zero-order valence-electron chi connectivity index (χ0n) is 16.1. The lowest BCUT2D eigenvalue weighted by atomic mass is 10.1. The van der Waals surface area contributed by atoms with Gasteiger partial charge in [-0.1, -0.05) is 30.3 Å². The molecule has 1 fully saturated rings. The van der Waals surface area contributed by atoms with Gasteiger partial charge in [0.15, 0.2) is 0 Å². The van der Waals surface area contributed by atoms with E-state index in [0.717, 1.165) is 36.8 Å². The van der Waals surface area contributed by atoms with Crippen molar-refractivity contribution in [3.05, 3.63) is 54.1 Å². The van der Waals surface area contributed by atoms with Gasteiger partial charge in [-0.3, -0.25) is 14.5 Å². The van der Waals surface area contributed by atoms with Crippen LogP contribution in [0.1, 0.15) is 5.56 Å². The number of piperazine rings is 1. The van der Waals surface area contributed by atoms with Crippen LogP contribution in [0.2, 0.25) is 0 Å². The molecular weight excluding hydrogens is 372 g/mol. The van der Waals surface area contributed by atoms with Crippen LogP contribution in [-0.4, -0.2) is 55.2 Å². The fourth-order valence-electron chi connectivity index (χ4n) is 3.30. The molecule has 0 aromatic heterocycles. The lowest BCUT2D eigenvalue weighted by Crippen LogP contribution is -2.48. The highest BCUT2D eigenvalue weighted by Crippen LogP contribution is 2.26. The molecule has 3 N–H and O–H groups in total. The summed E-state index contributed by atoms with van der Waals surface area (Å²) in [6, 6.07) is 15.9. The molecule has 2 amide bonds. The van der Waals surface area contributed by atoms with Crippen LogP contribution >= 0.6 is 11.8 Å². The fraction of sp³-hybridized carbons (Fsp3) is 0.333. The van der Waals surface area contributed by atoms with E-state index in [1.54, 1.807) is 0 Å². The molecule has 28 heavy (non-hydrogen) atoms. The van der Waals surface area contributed by atoms with Gasteiger partial charge in [0.1, 0.15) is 0 Å². The van der Waals surface area contributed by atoms with Gasteiger partial charge in [0, 0.05) is 36.8 Å². The smallest absolute Gasteiger partial charge is 0.238 e. The van der Waals surface area contributed by atoms with Crippen molar-refractivity contribution in [1.82, 2.24) is 4.90 Å². The van der Waals surface area contributed by atoms with Crippen molar-refractivity contribution in [3.63, 3.8) is 0 Å². The third-order valence-corrected chi connectivity index (χ3v) is 5.82. The third kappa shape index (κ3) is 5.50. The Kier molecular flexibility index (Phi) is 6.95. The maximum atomic E-state index is 12.5. The second kappa shape index (κ2) is 9.61. The zero-order chi connectivity index (χ0) is 19.9. The number of anilines is 2. The Morgan fingerprint density at radius 3 is 2.43 bits per heavy atom. The molecule has 0 aliphatic carbocycles. The minimum absolute atomic E-state index is 0.0449. The number of amides is 2. The van der Waals surface area contributed by atoms with Gasteiger partial charge in [-0.15, -0.1) is 11.8 Å². The molecule has 1 aliphatic rings. The molecule has 0 saturated carbocycles. The summed E-state index contributed by atoms with van der Waals surface area (Å²) in [6.07, 6.45) is 0. The Bertz CT molecular complexity index is 835. The number of benzene rings is 2. The Labute approximate surface area is 170 Å². The van der Waals surface area contributed by atoms with Crippen LogP contribution in [-0.2, 0) is 9.59 Å². The minimum Gasteiger partial charge on any atom is -0.369 e. The zero-order valence-corrected chi connectivity index (χ0v) is 16.9. The monoisotopic (exact) mass is 398 g/mol. The topological polar surface area (TPSA) is 78.7 Å². The first-order valence-corrected chi connectivity index (χ1v) is 10.3. The molecule has 0 atom stereocenters. The number of nitrogens with two attached hydrogens (primary N) is 1. The van der Waals surface area contributed by atoms with E-state index in [0.29, 0.717) is 6.54 Å². The lowest BCUT2D eigenvalue weighted by molar-refractivity contribution is -0.117. The highest BCUT2D eigenvalue weighted by Gasteiger charge is 2.20. The SMILES string of the molecule is Cc1ccccc1N1CCN(CC(=O)Nc2ccccc2SCC(N)=O)CC1. The number of thioether (sulfide) groups is 1.